The lowest BCUT2D eigenvalue weighted by molar-refractivity contribution is -0.116. The maximum absolute atomic E-state index is 11.5. The number of benzene rings is 1. The minimum atomic E-state index is -0.513. The van der Waals surface area contributed by atoms with E-state index in [2.05, 4.69) is 10.1 Å². The summed E-state index contributed by atoms with van der Waals surface area (Å²) in [4.78, 5) is 22.8. The molecule has 19 heavy (non-hydrogen) atoms. The first-order valence-corrected chi connectivity index (χ1v) is 5.84. The molecule has 1 aromatic rings. The molecule has 7 heteroatoms. The monoisotopic (exact) mass is 306 g/mol. The Balaban J connectivity index is 0.00000324. The molecule has 0 saturated heterocycles. The van der Waals surface area contributed by atoms with E-state index in [1.54, 1.807) is 6.07 Å². The standard InChI is InChI=1S/C12H15ClN2O3.ClH/c1-18-12(17)9-5-4-8(7-10(9)13)15-11(16)3-2-6-14;/h4-5,7H,2-3,6,14H2,1H3,(H,15,16);1H. The third-order valence-corrected chi connectivity index (χ3v) is 2.58. The smallest absolute Gasteiger partial charge is 0.339 e. The molecule has 0 radical (unpaired) electrons. The van der Waals surface area contributed by atoms with Crippen molar-refractivity contribution in [3.63, 3.8) is 0 Å². The molecule has 1 rings (SSSR count). The second-order valence-electron chi connectivity index (χ2n) is 3.63. The average molecular weight is 307 g/mol. The number of methoxy groups -OCH3 is 1. The van der Waals surface area contributed by atoms with Crippen LogP contribution in [0.5, 0.6) is 0 Å². The van der Waals surface area contributed by atoms with Crippen LogP contribution in [0.4, 0.5) is 5.69 Å². The van der Waals surface area contributed by atoms with Gasteiger partial charge in [-0.15, -0.1) is 12.4 Å². The summed E-state index contributed by atoms with van der Waals surface area (Å²) < 4.78 is 4.57. The molecule has 3 N–H and O–H groups in total. The predicted octanol–water partition coefficient (Wildman–Crippen LogP) is 2.23. The van der Waals surface area contributed by atoms with Gasteiger partial charge in [0.05, 0.1) is 17.7 Å². The summed E-state index contributed by atoms with van der Waals surface area (Å²) in [5.74, 6) is -0.650. The first-order valence-electron chi connectivity index (χ1n) is 5.46. The van der Waals surface area contributed by atoms with E-state index < -0.39 is 5.97 Å². The summed E-state index contributed by atoms with van der Waals surface area (Å²) >= 11 is 5.92. The molecular formula is C12H16Cl2N2O3. The van der Waals surface area contributed by atoms with Gasteiger partial charge in [-0.05, 0) is 31.2 Å². The van der Waals surface area contributed by atoms with Gasteiger partial charge in [0, 0.05) is 12.1 Å². The molecule has 0 aliphatic heterocycles. The number of nitrogens with one attached hydrogen (secondary N) is 1. The fraction of sp³-hybridized carbons (Fsp3) is 0.333. The van der Waals surface area contributed by atoms with Crippen LogP contribution in [0.1, 0.15) is 23.2 Å². The summed E-state index contributed by atoms with van der Waals surface area (Å²) in [6.07, 6.45) is 0.979. The Morgan fingerprint density at radius 2 is 2.11 bits per heavy atom. The van der Waals surface area contributed by atoms with Crippen LogP contribution < -0.4 is 11.1 Å². The largest absolute Gasteiger partial charge is 0.465 e. The number of rotatable bonds is 5. The molecule has 0 aromatic heterocycles. The quantitative estimate of drug-likeness (QED) is 0.817. The number of carbonyl (C=O) groups is 2. The number of esters is 1. The first-order chi connectivity index (χ1) is 8.58. The summed E-state index contributed by atoms with van der Waals surface area (Å²) in [5, 5.41) is 2.91. The number of nitrogens with two attached hydrogens (primary N) is 1. The van der Waals surface area contributed by atoms with Gasteiger partial charge in [0.25, 0.3) is 0 Å². The van der Waals surface area contributed by atoms with Crippen LogP contribution in [0, 0.1) is 0 Å². The minimum Gasteiger partial charge on any atom is -0.465 e. The van der Waals surface area contributed by atoms with Gasteiger partial charge in [-0.2, -0.15) is 0 Å². The molecule has 1 amide bonds. The van der Waals surface area contributed by atoms with Gasteiger partial charge >= 0.3 is 5.97 Å². The van der Waals surface area contributed by atoms with Crippen molar-refractivity contribution in [3.8, 4) is 0 Å². The van der Waals surface area contributed by atoms with Crippen LogP contribution in [-0.4, -0.2) is 25.5 Å². The summed E-state index contributed by atoms with van der Waals surface area (Å²) in [5.41, 5.74) is 6.11. The third kappa shape index (κ3) is 5.46. The highest BCUT2D eigenvalue weighted by Crippen LogP contribution is 2.21. The molecule has 0 aliphatic rings. The highest BCUT2D eigenvalue weighted by Gasteiger charge is 2.11. The van der Waals surface area contributed by atoms with Gasteiger partial charge in [-0.3, -0.25) is 4.79 Å². The van der Waals surface area contributed by atoms with Crippen LogP contribution in [0.2, 0.25) is 5.02 Å². The molecule has 0 saturated carbocycles. The fourth-order valence-corrected chi connectivity index (χ4v) is 1.61. The van der Waals surface area contributed by atoms with Crippen LogP contribution >= 0.6 is 24.0 Å². The third-order valence-electron chi connectivity index (χ3n) is 2.27. The molecule has 106 valence electrons. The maximum Gasteiger partial charge on any atom is 0.339 e. The van der Waals surface area contributed by atoms with Gasteiger partial charge in [0.2, 0.25) is 5.91 Å². The Morgan fingerprint density at radius 1 is 1.42 bits per heavy atom. The molecule has 0 heterocycles. The van der Waals surface area contributed by atoms with E-state index in [9.17, 15) is 9.59 Å². The SMILES string of the molecule is COC(=O)c1ccc(NC(=O)CCCN)cc1Cl.Cl. The van der Waals surface area contributed by atoms with Crippen LogP contribution in [0.25, 0.3) is 0 Å². The van der Waals surface area contributed by atoms with Crippen molar-refractivity contribution in [2.45, 2.75) is 12.8 Å². The summed E-state index contributed by atoms with van der Waals surface area (Å²) in [6.45, 7) is 0.468. The Labute approximate surface area is 122 Å². The Morgan fingerprint density at radius 3 is 2.63 bits per heavy atom. The number of halogens is 2. The molecule has 1 aromatic carbocycles. The summed E-state index contributed by atoms with van der Waals surface area (Å²) in [6, 6.07) is 4.61. The topological polar surface area (TPSA) is 81.4 Å². The van der Waals surface area contributed by atoms with E-state index in [1.807, 2.05) is 0 Å². The van der Waals surface area contributed by atoms with E-state index in [-0.39, 0.29) is 28.9 Å². The highest BCUT2D eigenvalue weighted by atomic mass is 35.5. The van der Waals surface area contributed by atoms with E-state index in [0.717, 1.165) is 0 Å². The molecule has 0 unspecified atom stereocenters. The van der Waals surface area contributed by atoms with Crippen LogP contribution in [0.15, 0.2) is 18.2 Å². The number of ether oxygens (including phenoxy) is 1. The summed E-state index contributed by atoms with van der Waals surface area (Å²) in [7, 11) is 1.28. The second-order valence-corrected chi connectivity index (χ2v) is 4.03. The van der Waals surface area contributed by atoms with Crippen molar-refractivity contribution >= 4 is 41.6 Å². The van der Waals surface area contributed by atoms with Gasteiger partial charge in [0.15, 0.2) is 0 Å². The predicted molar refractivity (Wildman–Crippen MR) is 77.0 cm³/mol. The normalized spacial score (nSPS) is 9.42. The van der Waals surface area contributed by atoms with Crippen LogP contribution in [-0.2, 0) is 9.53 Å². The fourth-order valence-electron chi connectivity index (χ4n) is 1.35. The lowest BCUT2D eigenvalue weighted by Gasteiger charge is -2.07. The lowest BCUT2D eigenvalue weighted by Crippen LogP contribution is -2.13. The van der Waals surface area contributed by atoms with Gasteiger partial charge in [-0.1, -0.05) is 11.6 Å². The van der Waals surface area contributed by atoms with E-state index >= 15 is 0 Å². The lowest BCUT2D eigenvalue weighted by atomic mass is 10.2. The average Bonchev–Trinajstić information content (AvgIpc) is 2.35. The van der Waals surface area contributed by atoms with E-state index in [1.165, 1.54) is 19.2 Å². The number of carbonyl (C=O) groups excluding carboxylic acids is 2. The number of hydrogen-bond donors (Lipinski definition) is 2. The Kier molecular flexibility index (Phi) is 8.14. The maximum atomic E-state index is 11.5. The van der Waals surface area contributed by atoms with E-state index in [4.69, 9.17) is 17.3 Å². The first kappa shape index (κ1) is 17.7. The molecule has 0 bridgehead atoms. The number of anilines is 1. The van der Waals surface area contributed by atoms with Crippen molar-refractivity contribution in [2.24, 2.45) is 5.73 Å². The van der Waals surface area contributed by atoms with Crippen molar-refractivity contribution in [1.82, 2.24) is 0 Å². The van der Waals surface area contributed by atoms with Crippen molar-refractivity contribution in [1.29, 1.82) is 0 Å². The van der Waals surface area contributed by atoms with Crippen LogP contribution in [0.3, 0.4) is 0 Å². The Bertz CT molecular complexity index is 453. The minimum absolute atomic E-state index is 0. The molecular weight excluding hydrogens is 291 g/mol. The van der Waals surface area contributed by atoms with Gasteiger partial charge in [0.1, 0.15) is 0 Å². The van der Waals surface area contributed by atoms with Gasteiger partial charge < -0.3 is 15.8 Å². The van der Waals surface area contributed by atoms with E-state index in [0.29, 0.717) is 25.1 Å². The zero-order valence-corrected chi connectivity index (χ0v) is 12.0. The van der Waals surface area contributed by atoms with Crippen molar-refractivity contribution in [2.75, 3.05) is 19.0 Å². The molecule has 0 aliphatic carbocycles. The molecule has 0 fully saturated rings. The number of hydrogen-bond acceptors (Lipinski definition) is 4. The molecule has 5 nitrogen and oxygen atoms in total. The van der Waals surface area contributed by atoms with Crippen molar-refractivity contribution in [3.05, 3.63) is 28.8 Å². The second kappa shape index (κ2) is 8.74. The zero-order chi connectivity index (χ0) is 13.5. The van der Waals surface area contributed by atoms with Crippen molar-refractivity contribution < 1.29 is 14.3 Å². The number of amides is 1. The molecule has 0 spiro atoms. The Hall–Kier alpha value is -1.30. The zero-order valence-electron chi connectivity index (χ0n) is 10.4. The highest BCUT2D eigenvalue weighted by molar-refractivity contribution is 6.33. The molecule has 0 atom stereocenters. The van der Waals surface area contributed by atoms with Gasteiger partial charge in [-0.25, -0.2) is 4.79 Å².